The van der Waals surface area contributed by atoms with E-state index in [4.69, 9.17) is 4.52 Å². The SMILES string of the molecule is Cc1cc(-c2cc(OC(F)(F)F)cc(-c3nc(C4C=c5c6c([nH]c5=CC4)C(CC(=O)O)CC6)no3)c2)ccn1. The number of hydrogen-bond donors (Lipinski definition) is 2. The molecule has 0 aliphatic heterocycles. The Morgan fingerprint density at radius 1 is 1.21 bits per heavy atom. The summed E-state index contributed by atoms with van der Waals surface area (Å²) < 4.78 is 49.0. The van der Waals surface area contributed by atoms with Gasteiger partial charge in [0.1, 0.15) is 5.75 Å². The van der Waals surface area contributed by atoms with E-state index in [1.807, 2.05) is 6.08 Å². The standard InChI is InChI=1S/C28H23F3N4O4/c1-14-8-15(6-7-32-14)18-9-19(11-20(10-18)38-28(29,30)31)27-34-26(35-39-27)17-3-5-23-22(12-17)21-4-2-16(13-24(36)37)25(21)33-23/h5-12,16-17,33H,2-4,13H2,1H3,(H,36,37). The minimum atomic E-state index is -4.87. The molecular formula is C28H23F3N4O4. The van der Waals surface area contributed by atoms with Gasteiger partial charge in [-0.25, -0.2) is 0 Å². The Bertz CT molecular complexity index is 1710. The summed E-state index contributed by atoms with van der Waals surface area (Å²) in [5.74, 6) is -0.979. The molecule has 6 rings (SSSR count). The van der Waals surface area contributed by atoms with E-state index in [1.165, 1.54) is 12.1 Å². The molecule has 8 nitrogen and oxygen atoms in total. The minimum absolute atomic E-state index is 0.0373. The molecule has 2 atom stereocenters. The predicted octanol–water partition coefficient (Wildman–Crippen LogP) is 4.59. The highest BCUT2D eigenvalue weighted by molar-refractivity contribution is 5.72. The van der Waals surface area contributed by atoms with Crippen LogP contribution in [-0.2, 0) is 11.2 Å². The lowest BCUT2D eigenvalue weighted by Crippen LogP contribution is -2.29. The van der Waals surface area contributed by atoms with Gasteiger partial charge in [0, 0.05) is 40.3 Å². The maximum absolute atomic E-state index is 13.1. The molecule has 39 heavy (non-hydrogen) atoms. The van der Waals surface area contributed by atoms with Gasteiger partial charge in [0.05, 0.1) is 6.42 Å². The van der Waals surface area contributed by atoms with E-state index >= 15 is 0 Å². The van der Waals surface area contributed by atoms with Crippen molar-refractivity contribution in [2.45, 2.75) is 50.8 Å². The monoisotopic (exact) mass is 536 g/mol. The molecule has 1 aromatic carbocycles. The van der Waals surface area contributed by atoms with Crippen molar-refractivity contribution >= 4 is 18.1 Å². The van der Waals surface area contributed by atoms with Crippen LogP contribution < -0.4 is 15.3 Å². The van der Waals surface area contributed by atoms with E-state index in [2.05, 4.69) is 30.9 Å². The number of nitrogens with zero attached hydrogens (tertiary/aromatic N) is 3. The summed E-state index contributed by atoms with van der Waals surface area (Å²) in [5, 5.41) is 15.4. The number of carbonyl (C=O) groups is 1. The van der Waals surface area contributed by atoms with Crippen LogP contribution in [0.5, 0.6) is 5.75 Å². The summed E-state index contributed by atoms with van der Waals surface area (Å²) in [6.45, 7) is 1.79. The Morgan fingerprint density at radius 3 is 2.79 bits per heavy atom. The van der Waals surface area contributed by atoms with Crippen molar-refractivity contribution in [3.05, 3.63) is 69.9 Å². The largest absolute Gasteiger partial charge is 0.573 e. The van der Waals surface area contributed by atoms with Crippen molar-refractivity contribution < 1.29 is 32.3 Å². The lowest BCUT2D eigenvalue weighted by molar-refractivity contribution is -0.274. The van der Waals surface area contributed by atoms with E-state index < -0.39 is 18.1 Å². The molecule has 2 N–H and O–H groups in total. The van der Waals surface area contributed by atoms with Crippen molar-refractivity contribution in [3.63, 3.8) is 0 Å². The Labute approximate surface area is 219 Å². The van der Waals surface area contributed by atoms with Gasteiger partial charge in [-0.15, -0.1) is 13.2 Å². The first-order valence-corrected chi connectivity index (χ1v) is 12.5. The topological polar surface area (TPSA) is 114 Å². The van der Waals surface area contributed by atoms with Crippen molar-refractivity contribution in [1.82, 2.24) is 20.1 Å². The zero-order valence-electron chi connectivity index (χ0n) is 20.7. The number of benzene rings is 1. The second-order valence-electron chi connectivity index (χ2n) is 9.83. The molecule has 0 spiro atoms. The summed E-state index contributed by atoms with van der Waals surface area (Å²) in [7, 11) is 0. The third kappa shape index (κ3) is 5.04. The molecule has 0 fully saturated rings. The van der Waals surface area contributed by atoms with Crippen LogP contribution in [0.1, 0.15) is 53.9 Å². The molecule has 2 aliphatic carbocycles. The fourth-order valence-electron chi connectivity index (χ4n) is 5.45. The third-order valence-electron chi connectivity index (χ3n) is 7.12. The maximum atomic E-state index is 13.1. The van der Waals surface area contributed by atoms with Crippen LogP contribution >= 0.6 is 0 Å². The van der Waals surface area contributed by atoms with E-state index in [0.29, 0.717) is 34.6 Å². The number of alkyl halides is 3. The molecule has 0 radical (unpaired) electrons. The van der Waals surface area contributed by atoms with Gasteiger partial charge in [0.15, 0.2) is 5.82 Å². The number of ether oxygens (including phenoxy) is 1. The first kappa shape index (κ1) is 24.9. The van der Waals surface area contributed by atoms with Crippen LogP contribution in [0.4, 0.5) is 13.2 Å². The van der Waals surface area contributed by atoms with Gasteiger partial charge in [-0.1, -0.05) is 17.3 Å². The normalized spacial score (nSPS) is 18.2. The van der Waals surface area contributed by atoms with Gasteiger partial charge in [0.25, 0.3) is 5.89 Å². The molecule has 2 aliphatic rings. The summed E-state index contributed by atoms with van der Waals surface area (Å²) in [5.41, 5.74) is 4.25. The van der Waals surface area contributed by atoms with Crippen molar-refractivity contribution in [1.29, 1.82) is 0 Å². The molecule has 0 saturated heterocycles. The van der Waals surface area contributed by atoms with Gasteiger partial charge in [-0.2, -0.15) is 4.98 Å². The number of pyridine rings is 1. The zero-order valence-corrected chi connectivity index (χ0v) is 20.7. The Balaban J connectivity index is 1.34. The minimum Gasteiger partial charge on any atom is -0.481 e. The molecule has 0 bridgehead atoms. The number of nitrogens with one attached hydrogen (secondary N) is 1. The zero-order chi connectivity index (χ0) is 27.3. The molecule has 200 valence electrons. The summed E-state index contributed by atoms with van der Waals surface area (Å²) in [6.07, 6.45) is 3.05. The summed E-state index contributed by atoms with van der Waals surface area (Å²) in [6, 6.07) is 7.66. The lowest BCUT2D eigenvalue weighted by Gasteiger charge is -2.12. The van der Waals surface area contributed by atoms with Crippen LogP contribution in [0.15, 0.2) is 41.1 Å². The van der Waals surface area contributed by atoms with E-state index in [1.54, 1.807) is 31.3 Å². The number of aromatic nitrogens is 4. The third-order valence-corrected chi connectivity index (χ3v) is 7.12. The average molecular weight is 537 g/mol. The molecule has 4 aromatic rings. The Hall–Kier alpha value is -4.41. The molecular weight excluding hydrogens is 513 g/mol. The number of H-pyrrole nitrogens is 1. The Kier molecular flexibility index (Phi) is 6.00. The van der Waals surface area contributed by atoms with Gasteiger partial charge >= 0.3 is 12.3 Å². The highest BCUT2D eigenvalue weighted by Gasteiger charge is 2.32. The van der Waals surface area contributed by atoms with Crippen LogP contribution in [-0.4, -0.2) is 37.5 Å². The molecule has 3 aromatic heterocycles. The number of halogens is 3. The number of aryl methyl sites for hydroxylation is 1. The smallest absolute Gasteiger partial charge is 0.481 e. The first-order chi connectivity index (χ1) is 18.6. The molecule has 2 unspecified atom stereocenters. The highest BCUT2D eigenvalue weighted by atomic mass is 19.4. The van der Waals surface area contributed by atoms with E-state index in [-0.39, 0.29) is 24.1 Å². The van der Waals surface area contributed by atoms with Crippen LogP contribution in [0.3, 0.4) is 0 Å². The fraction of sp³-hybridized carbons (Fsp3) is 0.286. The van der Waals surface area contributed by atoms with E-state index in [9.17, 15) is 23.1 Å². The number of fused-ring (bicyclic) bond motifs is 3. The average Bonchev–Trinajstić information content (AvgIpc) is 3.59. The molecule has 11 heteroatoms. The van der Waals surface area contributed by atoms with Gasteiger partial charge in [0.2, 0.25) is 0 Å². The molecule has 0 amide bonds. The predicted molar refractivity (Wildman–Crippen MR) is 134 cm³/mol. The number of carboxylic acids is 1. The maximum Gasteiger partial charge on any atom is 0.573 e. The van der Waals surface area contributed by atoms with E-state index in [0.717, 1.165) is 34.7 Å². The number of rotatable bonds is 6. The van der Waals surface area contributed by atoms with Crippen molar-refractivity contribution in [3.8, 4) is 28.3 Å². The first-order valence-electron chi connectivity index (χ1n) is 12.5. The number of hydrogen-bond acceptors (Lipinski definition) is 6. The highest BCUT2D eigenvalue weighted by Crippen LogP contribution is 2.35. The van der Waals surface area contributed by atoms with Crippen molar-refractivity contribution in [2.75, 3.05) is 0 Å². The number of aromatic amines is 1. The molecule has 0 saturated carbocycles. The lowest BCUT2D eigenvalue weighted by atomic mass is 9.97. The van der Waals surface area contributed by atoms with Gasteiger partial charge in [-0.05, 0) is 78.4 Å². The van der Waals surface area contributed by atoms with Crippen molar-refractivity contribution in [2.24, 2.45) is 0 Å². The quantitative estimate of drug-likeness (QED) is 0.371. The van der Waals surface area contributed by atoms with Gasteiger partial charge in [-0.3, -0.25) is 9.78 Å². The Morgan fingerprint density at radius 2 is 2.03 bits per heavy atom. The second-order valence-corrected chi connectivity index (χ2v) is 9.83. The van der Waals surface area contributed by atoms with Crippen LogP contribution in [0, 0.1) is 6.92 Å². The van der Waals surface area contributed by atoms with Gasteiger partial charge < -0.3 is 19.4 Å². The van der Waals surface area contributed by atoms with Crippen LogP contribution in [0.2, 0.25) is 0 Å². The number of aliphatic carboxylic acids is 1. The fourth-order valence-corrected chi connectivity index (χ4v) is 5.45. The number of carboxylic acid groups (broad SMARTS) is 1. The summed E-state index contributed by atoms with van der Waals surface area (Å²) >= 11 is 0. The molecule has 3 heterocycles. The van der Waals surface area contributed by atoms with Crippen LogP contribution in [0.25, 0.3) is 34.7 Å². The second kappa shape index (κ2) is 9.40. The summed E-state index contributed by atoms with van der Waals surface area (Å²) in [4.78, 5) is 23.3.